The second-order valence-electron chi connectivity index (χ2n) is 3.55. The third kappa shape index (κ3) is 1.35. The van der Waals surface area contributed by atoms with E-state index in [1.807, 2.05) is 36.4 Å². The summed E-state index contributed by atoms with van der Waals surface area (Å²) < 4.78 is 6.34. The molecule has 3 aromatic rings. The average Bonchev–Trinajstić information content (AvgIpc) is 2.30. The molecule has 0 amide bonds. The third-order valence-electron chi connectivity index (χ3n) is 2.59. The van der Waals surface area contributed by atoms with Crippen molar-refractivity contribution in [3.05, 3.63) is 56.5 Å². The van der Waals surface area contributed by atoms with Crippen molar-refractivity contribution < 1.29 is 4.42 Å². The lowest BCUT2D eigenvalue weighted by molar-refractivity contribution is 0.569. The SMILES string of the molecule is O=c1oc2ccccc2c2c(I)cccc12. The Morgan fingerprint density at radius 3 is 2.56 bits per heavy atom. The highest BCUT2D eigenvalue weighted by molar-refractivity contribution is 14.1. The van der Waals surface area contributed by atoms with Gasteiger partial charge < -0.3 is 4.42 Å². The Morgan fingerprint density at radius 1 is 0.938 bits per heavy atom. The molecule has 3 rings (SSSR count). The average molecular weight is 322 g/mol. The van der Waals surface area contributed by atoms with Gasteiger partial charge >= 0.3 is 5.63 Å². The molecule has 0 aliphatic rings. The maximum absolute atomic E-state index is 11.8. The van der Waals surface area contributed by atoms with Crippen LogP contribution < -0.4 is 5.63 Å². The molecule has 1 heterocycles. The van der Waals surface area contributed by atoms with E-state index in [0.29, 0.717) is 11.0 Å². The smallest absolute Gasteiger partial charge is 0.344 e. The highest BCUT2D eigenvalue weighted by atomic mass is 127. The molecule has 0 bridgehead atoms. The van der Waals surface area contributed by atoms with Gasteiger partial charge in [0, 0.05) is 14.3 Å². The quantitative estimate of drug-likeness (QED) is 0.360. The van der Waals surface area contributed by atoms with Crippen molar-refractivity contribution in [1.82, 2.24) is 0 Å². The molecular formula is C13H7IO2. The first-order chi connectivity index (χ1) is 7.77. The molecule has 0 saturated carbocycles. The predicted octanol–water partition coefficient (Wildman–Crippen LogP) is 3.55. The second-order valence-corrected chi connectivity index (χ2v) is 4.71. The molecule has 0 atom stereocenters. The molecule has 0 aliphatic heterocycles. The van der Waals surface area contributed by atoms with Crippen molar-refractivity contribution in [2.75, 3.05) is 0 Å². The Kier molecular flexibility index (Phi) is 2.21. The van der Waals surface area contributed by atoms with Gasteiger partial charge in [0.1, 0.15) is 5.58 Å². The van der Waals surface area contributed by atoms with Crippen LogP contribution in [0, 0.1) is 3.57 Å². The molecule has 0 unspecified atom stereocenters. The third-order valence-corrected chi connectivity index (χ3v) is 3.49. The minimum Gasteiger partial charge on any atom is -0.422 e. The lowest BCUT2D eigenvalue weighted by Gasteiger charge is -2.03. The summed E-state index contributed by atoms with van der Waals surface area (Å²) in [6.07, 6.45) is 0. The lowest BCUT2D eigenvalue weighted by atomic mass is 10.1. The molecule has 3 heteroatoms. The summed E-state index contributed by atoms with van der Waals surface area (Å²) in [4.78, 5) is 11.8. The van der Waals surface area contributed by atoms with E-state index in [-0.39, 0.29) is 5.63 Å². The van der Waals surface area contributed by atoms with Crippen molar-refractivity contribution in [1.29, 1.82) is 0 Å². The van der Waals surface area contributed by atoms with Crippen molar-refractivity contribution >= 4 is 44.3 Å². The van der Waals surface area contributed by atoms with Gasteiger partial charge in [-0.05, 0) is 40.8 Å². The highest BCUT2D eigenvalue weighted by Crippen LogP contribution is 2.26. The van der Waals surface area contributed by atoms with Crippen LogP contribution in [0.1, 0.15) is 0 Å². The maximum atomic E-state index is 11.8. The fourth-order valence-electron chi connectivity index (χ4n) is 1.89. The Morgan fingerprint density at radius 2 is 1.69 bits per heavy atom. The van der Waals surface area contributed by atoms with Crippen molar-refractivity contribution in [2.24, 2.45) is 0 Å². The summed E-state index contributed by atoms with van der Waals surface area (Å²) in [6, 6.07) is 13.3. The molecule has 2 aromatic carbocycles. The van der Waals surface area contributed by atoms with Gasteiger partial charge in [0.2, 0.25) is 0 Å². The van der Waals surface area contributed by atoms with E-state index in [2.05, 4.69) is 22.6 Å². The van der Waals surface area contributed by atoms with Gasteiger partial charge in [-0.2, -0.15) is 0 Å². The molecule has 0 spiro atoms. The molecule has 0 radical (unpaired) electrons. The van der Waals surface area contributed by atoms with Crippen LogP contribution in [-0.2, 0) is 0 Å². The molecule has 0 fully saturated rings. The fraction of sp³-hybridized carbons (Fsp3) is 0. The largest absolute Gasteiger partial charge is 0.422 e. The number of rotatable bonds is 0. The molecular weight excluding hydrogens is 315 g/mol. The molecule has 2 nitrogen and oxygen atoms in total. The number of benzene rings is 2. The molecule has 0 aliphatic carbocycles. The number of hydrogen-bond acceptors (Lipinski definition) is 2. The molecule has 16 heavy (non-hydrogen) atoms. The van der Waals surface area contributed by atoms with Crippen molar-refractivity contribution in [3.63, 3.8) is 0 Å². The normalized spacial score (nSPS) is 11.1. The van der Waals surface area contributed by atoms with E-state index in [0.717, 1.165) is 14.3 Å². The van der Waals surface area contributed by atoms with Crippen LogP contribution in [0.25, 0.3) is 21.7 Å². The van der Waals surface area contributed by atoms with E-state index < -0.39 is 0 Å². The summed E-state index contributed by atoms with van der Waals surface area (Å²) in [5.74, 6) is 0. The molecule has 1 aromatic heterocycles. The Labute approximate surface area is 105 Å². The van der Waals surface area contributed by atoms with Crippen molar-refractivity contribution in [2.45, 2.75) is 0 Å². The van der Waals surface area contributed by atoms with Gasteiger partial charge in [-0.3, -0.25) is 0 Å². The first-order valence-electron chi connectivity index (χ1n) is 4.87. The monoisotopic (exact) mass is 322 g/mol. The minimum absolute atomic E-state index is 0.271. The second kappa shape index (κ2) is 3.59. The summed E-state index contributed by atoms with van der Waals surface area (Å²) in [5, 5.41) is 2.61. The van der Waals surface area contributed by atoms with E-state index >= 15 is 0 Å². The van der Waals surface area contributed by atoms with Crippen LogP contribution in [-0.4, -0.2) is 0 Å². The first kappa shape index (κ1) is 9.84. The summed E-state index contributed by atoms with van der Waals surface area (Å²) in [6.45, 7) is 0. The fourth-order valence-corrected chi connectivity index (χ4v) is 2.67. The van der Waals surface area contributed by atoms with Gasteiger partial charge in [0.15, 0.2) is 0 Å². The number of hydrogen-bond donors (Lipinski definition) is 0. The summed E-state index contributed by atoms with van der Waals surface area (Å²) in [7, 11) is 0. The molecule has 0 saturated heterocycles. The zero-order chi connectivity index (χ0) is 11.1. The predicted molar refractivity (Wildman–Crippen MR) is 72.7 cm³/mol. The summed E-state index contributed by atoms with van der Waals surface area (Å²) >= 11 is 2.24. The first-order valence-corrected chi connectivity index (χ1v) is 5.95. The highest BCUT2D eigenvalue weighted by Gasteiger charge is 2.08. The van der Waals surface area contributed by atoms with E-state index in [1.54, 1.807) is 6.07 Å². The zero-order valence-electron chi connectivity index (χ0n) is 8.24. The Balaban J connectivity index is 2.73. The van der Waals surface area contributed by atoms with Gasteiger partial charge in [-0.15, -0.1) is 0 Å². The zero-order valence-corrected chi connectivity index (χ0v) is 10.4. The standard InChI is InChI=1S/C13H7IO2/c14-10-6-3-5-9-12(10)8-4-1-2-7-11(8)16-13(9)15/h1-7H. The number of para-hydroxylation sites is 1. The van der Waals surface area contributed by atoms with E-state index in [4.69, 9.17) is 4.42 Å². The van der Waals surface area contributed by atoms with Crippen LogP contribution in [0.3, 0.4) is 0 Å². The lowest BCUT2D eigenvalue weighted by Crippen LogP contribution is -2.00. The maximum Gasteiger partial charge on any atom is 0.344 e. The van der Waals surface area contributed by atoms with Crippen LogP contribution in [0.2, 0.25) is 0 Å². The van der Waals surface area contributed by atoms with Crippen LogP contribution >= 0.6 is 22.6 Å². The summed E-state index contributed by atoms with van der Waals surface area (Å²) in [5.41, 5.74) is 0.372. The van der Waals surface area contributed by atoms with Crippen LogP contribution in [0.15, 0.2) is 51.7 Å². The Bertz CT molecular complexity index is 744. The van der Waals surface area contributed by atoms with E-state index in [9.17, 15) is 4.79 Å². The van der Waals surface area contributed by atoms with Crippen LogP contribution in [0.5, 0.6) is 0 Å². The van der Waals surface area contributed by atoms with E-state index in [1.165, 1.54) is 0 Å². The topological polar surface area (TPSA) is 30.2 Å². The number of fused-ring (bicyclic) bond motifs is 3. The molecule has 78 valence electrons. The van der Waals surface area contributed by atoms with Gasteiger partial charge in [0.05, 0.1) is 5.39 Å². The van der Waals surface area contributed by atoms with Gasteiger partial charge in [-0.1, -0.05) is 24.3 Å². The van der Waals surface area contributed by atoms with Crippen molar-refractivity contribution in [3.8, 4) is 0 Å². The van der Waals surface area contributed by atoms with Gasteiger partial charge in [0.25, 0.3) is 0 Å². The number of halogens is 1. The molecule has 0 N–H and O–H groups in total. The Hall–Kier alpha value is -1.36. The van der Waals surface area contributed by atoms with Gasteiger partial charge in [-0.25, -0.2) is 4.79 Å². The minimum atomic E-state index is -0.271. The van der Waals surface area contributed by atoms with Crippen LogP contribution in [0.4, 0.5) is 0 Å².